The van der Waals surface area contributed by atoms with Crippen LogP contribution in [0.4, 0.5) is 0 Å². The Balaban J connectivity index is 1.20. The first-order valence-electron chi connectivity index (χ1n) is 22.9. The number of carbonyl (C=O) groups excluding carboxylic acids is 3. The molecule has 0 aliphatic heterocycles. The molecule has 0 spiro atoms. The van der Waals surface area contributed by atoms with Crippen molar-refractivity contribution in [1.29, 1.82) is 0 Å². The van der Waals surface area contributed by atoms with Gasteiger partial charge in [0.15, 0.2) is 0 Å². The lowest BCUT2D eigenvalue weighted by molar-refractivity contribution is -0.144. The molecule has 8 nitrogen and oxygen atoms in total. The van der Waals surface area contributed by atoms with Crippen molar-refractivity contribution >= 4 is 30.1 Å². The quantitative estimate of drug-likeness (QED) is 0.0300. The van der Waals surface area contributed by atoms with Crippen LogP contribution in [0.5, 0.6) is 11.5 Å². The van der Waals surface area contributed by atoms with Crippen molar-refractivity contribution in [2.45, 2.75) is 180 Å². The maximum absolute atomic E-state index is 12.1. The summed E-state index contributed by atoms with van der Waals surface area (Å²) >= 11 is 0. The minimum atomic E-state index is -0.327. The molecule has 8 heteroatoms. The summed E-state index contributed by atoms with van der Waals surface area (Å²) in [7, 11) is 0. The molecule has 0 radical (unpaired) electrons. The Labute approximate surface area is 350 Å². The van der Waals surface area contributed by atoms with E-state index < -0.39 is 0 Å². The van der Waals surface area contributed by atoms with Crippen molar-refractivity contribution in [1.82, 2.24) is 0 Å². The highest BCUT2D eigenvalue weighted by Crippen LogP contribution is 2.16. The molecular formula is C50H76O8. The molecule has 0 bridgehead atoms. The van der Waals surface area contributed by atoms with Gasteiger partial charge in [0.2, 0.25) is 0 Å². The predicted molar refractivity (Wildman–Crippen MR) is 236 cm³/mol. The largest absolute Gasteiger partial charge is 0.508 e. The Morgan fingerprint density at radius 1 is 0.362 bits per heavy atom. The fourth-order valence-corrected chi connectivity index (χ4v) is 6.84. The van der Waals surface area contributed by atoms with E-state index >= 15 is 0 Å². The first-order chi connectivity index (χ1) is 28.4. The number of benzene rings is 2. The average Bonchev–Trinajstić information content (AvgIpc) is 3.22. The second kappa shape index (κ2) is 36.0. The maximum atomic E-state index is 12.1. The normalized spacial score (nSPS) is 11.4. The molecule has 324 valence electrons. The SMILES string of the molecule is O=C(C=Cc1ccc(O)cc1)OCCCCCCCCCCCCCCCCOC(=O)CCCCCCCCCCCCCCCOC(=O)C=Cc1ccc(O)cc1. The minimum absolute atomic E-state index is 0.0300. The summed E-state index contributed by atoms with van der Waals surface area (Å²) in [5.41, 5.74) is 1.70. The molecule has 0 aliphatic carbocycles. The van der Waals surface area contributed by atoms with Crippen LogP contribution in [-0.4, -0.2) is 47.9 Å². The van der Waals surface area contributed by atoms with Crippen molar-refractivity contribution in [2.24, 2.45) is 0 Å². The van der Waals surface area contributed by atoms with E-state index in [1.807, 2.05) is 0 Å². The summed E-state index contributed by atoms with van der Waals surface area (Å²) in [5.74, 6) is -0.269. The van der Waals surface area contributed by atoms with Gasteiger partial charge in [-0.25, -0.2) is 9.59 Å². The highest BCUT2D eigenvalue weighted by Gasteiger charge is 2.04. The number of ether oxygens (including phenoxy) is 3. The van der Waals surface area contributed by atoms with Gasteiger partial charge in [-0.3, -0.25) is 4.79 Å². The zero-order valence-corrected chi connectivity index (χ0v) is 35.7. The van der Waals surface area contributed by atoms with Crippen LogP contribution in [0, 0.1) is 0 Å². The predicted octanol–water partition coefficient (Wildman–Crippen LogP) is 13.4. The van der Waals surface area contributed by atoms with Gasteiger partial charge in [-0.05, 0) is 73.2 Å². The van der Waals surface area contributed by atoms with Crippen molar-refractivity contribution in [2.75, 3.05) is 19.8 Å². The topological polar surface area (TPSA) is 119 Å². The van der Waals surface area contributed by atoms with Crippen LogP contribution in [0.15, 0.2) is 60.7 Å². The van der Waals surface area contributed by atoms with Crippen LogP contribution in [0.25, 0.3) is 12.2 Å². The molecule has 0 aromatic heterocycles. The van der Waals surface area contributed by atoms with Gasteiger partial charge >= 0.3 is 17.9 Å². The van der Waals surface area contributed by atoms with Crippen molar-refractivity contribution < 1.29 is 38.8 Å². The molecule has 0 fully saturated rings. The van der Waals surface area contributed by atoms with Gasteiger partial charge in [-0.1, -0.05) is 172 Å². The highest BCUT2D eigenvalue weighted by atomic mass is 16.5. The Bertz CT molecular complexity index is 1360. The first-order valence-corrected chi connectivity index (χ1v) is 22.9. The molecule has 0 aliphatic rings. The molecule has 0 atom stereocenters. The standard InChI is InChI=1S/C50H76O8/c51-46-35-29-44(30-36-46)33-39-49(54)57-42-26-22-18-14-10-6-2-1-5-9-13-17-21-25-41-56-48(53)28-24-20-16-12-8-4-3-7-11-15-19-23-27-43-58-50(55)40-34-45-31-37-47(52)38-32-45/h29-40,51-52H,1-28,41-43H2. The lowest BCUT2D eigenvalue weighted by Gasteiger charge is -2.06. The number of rotatable bonds is 37. The number of carbonyl (C=O) groups is 3. The number of hydrogen-bond acceptors (Lipinski definition) is 8. The molecule has 0 saturated heterocycles. The van der Waals surface area contributed by atoms with Crippen LogP contribution in [0.2, 0.25) is 0 Å². The summed E-state index contributed by atoms with van der Waals surface area (Å²) in [6.45, 7) is 1.50. The van der Waals surface area contributed by atoms with Gasteiger partial charge in [0.1, 0.15) is 11.5 Å². The van der Waals surface area contributed by atoms with Gasteiger partial charge in [-0.2, -0.15) is 0 Å². The van der Waals surface area contributed by atoms with Gasteiger partial charge in [0.25, 0.3) is 0 Å². The van der Waals surface area contributed by atoms with Gasteiger partial charge < -0.3 is 24.4 Å². The fourth-order valence-electron chi connectivity index (χ4n) is 6.84. The molecule has 0 heterocycles. The molecule has 58 heavy (non-hydrogen) atoms. The number of phenolic OH excluding ortho intramolecular Hbond substituents is 2. The third-order valence-electron chi connectivity index (χ3n) is 10.4. The Morgan fingerprint density at radius 2 is 0.621 bits per heavy atom. The number of phenols is 2. The Morgan fingerprint density at radius 3 is 0.931 bits per heavy atom. The zero-order valence-electron chi connectivity index (χ0n) is 35.7. The van der Waals surface area contributed by atoms with E-state index in [0.29, 0.717) is 26.2 Å². The Kier molecular flexibility index (Phi) is 31.1. The monoisotopic (exact) mass is 805 g/mol. The van der Waals surface area contributed by atoms with E-state index in [1.165, 1.54) is 134 Å². The molecule has 2 aromatic rings. The van der Waals surface area contributed by atoms with Crippen LogP contribution in [0.1, 0.15) is 191 Å². The van der Waals surface area contributed by atoms with Crippen molar-refractivity contribution in [3.05, 3.63) is 71.8 Å². The van der Waals surface area contributed by atoms with E-state index in [9.17, 15) is 24.6 Å². The molecule has 2 rings (SSSR count). The van der Waals surface area contributed by atoms with Crippen molar-refractivity contribution in [3.8, 4) is 11.5 Å². The van der Waals surface area contributed by atoms with E-state index in [1.54, 1.807) is 60.7 Å². The summed E-state index contributed by atoms with van der Waals surface area (Å²) in [4.78, 5) is 35.7. The number of hydrogen-bond donors (Lipinski definition) is 2. The number of unbranched alkanes of at least 4 members (excludes halogenated alkanes) is 25. The summed E-state index contributed by atoms with van der Waals surface area (Å²) < 4.78 is 16.0. The summed E-state index contributed by atoms with van der Waals surface area (Å²) in [5, 5.41) is 18.6. The van der Waals surface area contributed by atoms with E-state index in [-0.39, 0.29) is 29.4 Å². The third-order valence-corrected chi connectivity index (χ3v) is 10.4. The van der Waals surface area contributed by atoms with Crippen molar-refractivity contribution in [3.63, 3.8) is 0 Å². The van der Waals surface area contributed by atoms with Crippen LogP contribution in [-0.2, 0) is 28.6 Å². The third kappa shape index (κ3) is 31.0. The summed E-state index contributed by atoms with van der Waals surface area (Å²) in [6.07, 6.45) is 39.1. The molecular weight excluding hydrogens is 729 g/mol. The second-order valence-electron chi connectivity index (χ2n) is 15.7. The van der Waals surface area contributed by atoms with Crippen LogP contribution < -0.4 is 0 Å². The molecule has 2 aromatic carbocycles. The molecule has 0 unspecified atom stereocenters. The van der Waals surface area contributed by atoms with E-state index in [2.05, 4.69) is 0 Å². The molecule has 0 saturated carbocycles. The lowest BCUT2D eigenvalue weighted by Crippen LogP contribution is -2.05. The molecule has 0 amide bonds. The second-order valence-corrected chi connectivity index (χ2v) is 15.7. The van der Waals surface area contributed by atoms with E-state index in [0.717, 1.165) is 62.5 Å². The van der Waals surface area contributed by atoms with Gasteiger partial charge in [-0.15, -0.1) is 0 Å². The fraction of sp³-hybridized carbons (Fsp3) is 0.620. The highest BCUT2D eigenvalue weighted by molar-refractivity contribution is 5.87. The summed E-state index contributed by atoms with van der Waals surface area (Å²) in [6, 6.07) is 13.4. The van der Waals surface area contributed by atoms with Crippen LogP contribution >= 0.6 is 0 Å². The van der Waals surface area contributed by atoms with E-state index in [4.69, 9.17) is 14.2 Å². The lowest BCUT2D eigenvalue weighted by atomic mass is 10.0. The average molecular weight is 805 g/mol. The smallest absolute Gasteiger partial charge is 0.330 e. The van der Waals surface area contributed by atoms with Gasteiger partial charge in [0.05, 0.1) is 19.8 Å². The Hall–Kier alpha value is -4.07. The van der Waals surface area contributed by atoms with Gasteiger partial charge in [0, 0.05) is 18.6 Å². The van der Waals surface area contributed by atoms with Crippen LogP contribution in [0.3, 0.4) is 0 Å². The zero-order chi connectivity index (χ0) is 41.6. The minimum Gasteiger partial charge on any atom is -0.508 e. The first kappa shape index (κ1) is 50.1. The maximum Gasteiger partial charge on any atom is 0.330 e. The molecule has 2 N–H and O–H groups in total. The number of esters is 3. The number of aromatic hydroxyl groups is 2.